The highest BCUT2D eigenvalue weighted by Gasteiger charge is 2.20. The molecule has 0 spiro atoms. The predicted molar refractivity (Wildman–Crippen MR) is 131 cm³/mol. The molecule has 1 aliphatic heterocycles. The smallest absolute Gasteiger partial charge is 0.237 e. The summed E-state index contributed by atoms with van der Waals surface area (Å²) in [5.74, 6) is 0.983. The summed E-state index contributed by atoms with van der Waals surface area (Å²) in [7, 11) is 3.73. The van der Waals surface area contributed by atoms with Crippen molar-refractivity contribution in [1.29, 1.82) is 0 Å². The van der Waals surface area contributed by atoms with Crippen molar-refractivity contribution in [3.8, 4) is 17.0 Å². The average molecular weight is 460 g/mol. The zero-order valence-electron chi connectivity index (χ0n) is 18.8. The molecule has 8 heteroatoms. The third-order valence-corrected chi connectivity index (χ3v) is 6.84. The maximum Gasteiger partial charge on any atom is 0.237 e. The van der Waals surface area contributed by atoms with Crippen LogP contribution in [0.1, 0.15) is 11.3 Å². The van der Waals surface area contributed by atoms with E-state index in [1.165, 1.54) is 5.56 Å². The number of fused-ring (bicyclic) bond motifs is 2. The van der Waals surface area contributed by atoms with E-state index in [9.17, 15) is 4.55 Å². The Morgan fingerprint density at radius 2 is 1.91 bits per heavy atom. The van der Waals surface area contributed by atoms with Crippen LogP contribution in [0.5, 0.6) is 5.88 Å². The van der Waals surface area contributed by atoms with Crippen LogP contribution >= 0.6 is 0 Å². The van der Waals surface area contributed by atoms with Crippen LogP contribution in [-0.2, 0) is 24.1 Å². The molecule has 1 aliphatic rings. The first-order chi connectivity index (χ1) is 16.0. The molecule has 1 N–H and O–H groups in total. The van der Waals surface area contributed by atoms with E-state index in [-0.39, 0.29) is 0 Å². The summed E-state index contributed by atoms with van der Waals surface area (Å²) in [6.07, 6.45) is 4.39. The molecule has 0 amide bonds. The third-order valence-electron chi connectivity index (χ3n) is 5.86. The van der Waals surface area contributed by atoms with E-state index >= 15 is 0 Å². The molecular formula is C25H25N5O2S. The molecule has 1 unspecified atom stereocenters. The van der Waals surface area contributed by atoms with Crippen molar-refractivity contribution < 1.29 is 9.29 Å². The van der Waals surface area contributed by atoms with Gasteiger partial charge >= 0.3 is 0 Å². The van der Waals surface area contributed by atoms with E-state index in [0.29, 0.717) is 11.8 Å². The van der Waals surface area contributed by atoms with Crippen LogP contribution in [0, 0.1) is 0 Å². The first-order valence-corrected chi connectivity index (χ1v) is 12.3. The van der Waals surface area contributed by atoms with Crippen LogP contribution in [0.4, 0.5) is 11.6 Å². The second-order valence-corrected chi connectivity index (χ2v) is 9.50. The number of rotatable bonds is 5. The van der Waals surface area contributed by atoms with Gasteiger partial charge in [0.15, 0.2) is 4.90 Å². The summed E-state index contributed by atoms with van der Waals surface area (Å²) < 4.78 is 17.9. The summed E-state index contributed by atoms with van der Waals surface area (Å²) in [6, 6.07) is 15.7. The van der Waals surface area contributed by atoms with Crippen LogP contribution in [0.2, 0.25) is 0 Å². The number of methoxy groups -OCH3 is 1. The molecular weight excluding hydrogens is 434 g/mol. The standard InChI is InChI=1S/C25H25N5O2S/c1-30-12-11-20-17(15-30)13-21(24(27-20)32-2)28-25-26-14-16-7-6-9-19(23(16)29-25)18-8-4-5-10-22(18)33(3)31/h4-10,13-14H,11-12,15H2,1-3H3,(H,26,28,29). The fourth-order valence-electron chi connectivity index (χ4n) is 4.23. The van der Waals surface area contributed by atoms with Gasteiger partial charge in [-0.15, -0.1) is 0 Å². The maximum absolute atomic E-state index is 12.3. The molecule has 0 radical (unpaired) electrons. The van der Waals surface area contributed by atoms with Gasteiger partial charge in [-0.1, -0.05) is 30.3 Å². The van der Waals surface area contributed by atoms with Crippen molar-refractivity contribution in [3.63, 3.8) is 0 Å². The summed E-state index contributed by atoms with van der Waals surface area (Å²) in [5.41, 5.74) is 5.59. The second kappa shape index (κ2) is 8.97. The number of benzene rings is 2. The van der Waals surface area contributed by atoms with Gasteiger partial charge < -0.3 is 19.5 Å². The van der Waals surface area contributed by atoms with E-state index in [4.69, 9.17) is 14.7 Å². The number of hydrogen-bond acceptors (Lipinski definition) is 7. The van der Waals surface area contributed by atoms with Crippen molar-refractivity contribution in [1.82, 2.24) is 19.9 Å². The third kappa shape index (κ3) is 4.25. The highest BCUT2D eigenvalue weighted by atomic mass is 32.2. The average Bonchev–Trinajstić information content (AvgIpc) is 2.83. The molecule has 168 valence electrons. The molecule has 0 aliphatic carbocycles. The number of nitrogens with one attached hydrogen (secondary N) is 1. The van der Waals surface area contributed by atoms with Crippen LogP contribution in [0.15, 0.2) is 59.6 Å². The second-order valence-electron chi connectivity index (χ2n) is 8.15. The molecule has 33 heavy (non-hydrogen) atoms. The van der Waals surface area contributed by atoms with Crippen LogP contribution in [0.25, 0.3) is 22.0 Å². The Bertz CT molecular complexity index is 1330. The van der Waals surface area contributed by atoms with E-state index in [2.05, 4.69) is 28.3 Å². The van der Waals surface area contributed by atoms with Gasteiger partial charge in [-0.05, 0) is 42.0 Å². The number of para-hydroxylation sites is 1. The Balaban J connectivity index is 1.58. The van der Waals surface area contributed by atoms with Crippen molar-refractivity contribution in [3.05, 3.63) is 66.0 Å². The first kappa shape index (κ1) is 21.6. The summed E-state index contributed by atoms with van der Waals surface area (Å²) in [6.45, 7) is 1.82. The molecule has 2 aromatic heterocycles. The molecule has 7 nitrogen and oxygen atoms in total. The van der Waals surface area contributed by atoms with Crippen molar-refractivity contribution >= 4 is 33.7 Å². The molecule has 0 saturated carbocycles. The maximum atomic E-state index is 12.3. The monoisotopic (exact) mass is 459 g/mol. The van der Waals surface area contributed by atoms with E-state index < -0.39 is 11.2 Å². The van der Waals surface area contributed by atoms with Gasteiger partial charge in [0.1, 0.15) is 11.9 Å². The number of anilines is 2. The molecule has 4 aromatic rings. The highest BCUT2D eigenvalue weighted by Crippen LogP contribution is 2.34. The van der Waals surface area contributed by atoms with Gasteiger partial charge in [0.25, 0.3) is 0 Å². The van der Waals surface area contributed by atoms with Gasteiger partial charge in [-0.3, -0.25) is 0 Å². The fraction of sp³-hybridized carbons (Fsp3) is 0.240. The number of nitrogens with zero attached hydrogens (tertiary/aromatic N) is 4. The SMILES string of the molecule is COc1nc2c(cc1Nc1ncc3cccc(-c4ccccc4[S+](C)[O-])c3n1)CN(C)CC2. The molecule has 1 atom stereocenters. The van der Waals surface area contributed by atoms with E-state index in [1.807, 2.05) is 42.5 Å². The van der Waals surface area contributed by atoms with Crippen LogP contribution in [0.3, 0.4) is 0 Å². The molecule has 0 saturated heterocycles. The summed E-state index contributed by atoms with van der Waals surface area (Å²) >= 11 is -1.12. The Kier molecular flexibility index (Phi) is 5.88. The summed E-state index contributed by atoms with van der Waals surface area (Å²) in [5, 5.41) is 4.22. The van der Waals surface area contributed by atoms with Crippen LogP contribution < -0.4 is 10.1 Å². The Morgan fingerprint density at radius 1 is 1.09 bits per heavy atom. The Hall–Kier alpha value is -3.20. The normalized spacial score (nSPS) is 14.7. The molecule has 5 rings (SSSR count). The topological polar surface area (TPSA) is 86.2 Å². The minimum atomic E-state index is -1.12. The van der Waals surface area contributed by atoms with Crippen molar-refractivity contribution in [2.45, 2.75) is 17.9 Å². The van der Waals surface area contributed by atoms with Gasteiger partial charge in [-0.25, -0.2) is 15.0 Å². The fourth-order valence-corrected chi connectivity index (χ4v) is 4.99. The van der Waals surface area contributed by atoms with E-state index in [1.54, 1.807) is 19.6 Å². The summed E-state index contributed by atoms with van der Waals surface area (Å²) in [4.78, 5) is 17.1. The molecule has 3 heterocycles. The minimum absolute atomic E-state index is 0.453. The number of pyridine rings is 1. The van der Waals surface area contributed by atoms with Crippen LogP contribution in [-0.4, -0.2) is 51.4 Å². The molecule has 2 aromatic carbocycles. The Morgan fingerprint density at radius 3 is 2.73 bits per heavy atom. The Labute approximate surface area is 196 Å². The lowest BCUT2D eigenvalue weighted by Crippen LogP contribution is -2.27. The number of likely N-dealkylation sites (N-methyl/N-ethyl adjacent to an activating group) is 1. The largest absolute Gasteiger partial charge is 0.612 e. The number of aromatic nitrogens is 3. The lowest BCUT2D eigenvalue weighted by Gasteiger charge is -2.25. The van der Waals surface area contributed by atoms with Crippen molar-refractivity contribution in [2.24, 2.45) is 0 Å². The zero-order valence-corrected chi connectivity index (χ0v) is 19.6. The lowest BCUT2D eigenvalue weighted by atomic mass is 10.0. The van der Waals surface area contributed by atoms with Crippen molar-refractivity contribution in [2.75, 3.05) is 32.3 Å². The van der Waals surface area contributed by atoms with Gasteiger partial charge in [0, 0.05) is 42.2 Å². The number of hydrogen-bond donors (Lipinski definition) is 1. The molecule has 0 bridgehead atoms. The highest BCUT2D eigenvalue weighted by molar-refractivity contribution is 7.90. The quantitative estimate of drug-likeness (QED) is 0.448. The van der Waals surface area contributed by atoms with Gasteiger partial charge in [-0.2, -0.15) is 0 Å². The zero-order chi connectivity index (χ0) is 22.9. The van der Waals surface area contributed by atoms with E-state index in [0.717, 1.165) is 57.8 Å². The predicted octanol–water partition coefficient (Wildman–Crippen LogP) is 4.17. The lowest BCUT2D eigenvalue weighted by molar-refractivity contribution is 0.307. The first-order valence-electron chi connectivity index (χ1n) is 10.7. The molecule has 0 fully saturated rings. The number of ether oxygens (including phenoxy) is 1. The van der Waals surface area contributed by atoms with Gasteiger partial charge in [0.2, 0.25) is 11.8 Å². The minimum Gasteiger partial charge on any atom is -0.612 e. The van der Waals surface area contributed by atoms with Gasteiger partial charge in [0.05, 0.1) is 18.3 Å².